The Kier molecular flexibility index (Phi) is 5.16. The van der Waals surface area contributed by atoms with E-state index in [0.717, 1.165) is 17.0 Å². The maximum Gasteiger partial charge on any atom is 0.253 e. The van der Waals surface area contributed by atoms with Gasteiger partial charge in [-0.3, -0.25) is 4.79 Å². The van der Waals surface area contributed by atoms with E-state index in [-0.39, 0.29) is 17.7 Å². The lowest BCUT2D eigenvalue weighted by atomic mass is 10.0. The lowest BCUT2D eigenvalue weighted by molar-refractivity contribution is -0.130. The van der Waals surface area contributed by atoms with Gasteiger partial charge in [0.15, 0.2) is 5.16 Å². The van der Waals surface area contributed by atoms with Crippen molar-refractivity contribution in [3.05, 3.63) is 60.3 Å². The molecule has 0 saturated carbocycles. The lowest BCUT2D eigenvalue weighted by Gasteiger charge is -2.19. The van der Waals surface area contributed by atoms with Crippen LogP contribution in [-0.2, 0) is 11.8 Å². The van der Waals surface area contributed by atoms with Crippen molar-refractivity contribution < 1.29 is 13.9 Å². The zero-order valence-corrected chi connectivity index (χ0v) is 16.3. The second-order valence-electron chi connectivity index (χ2n) is 6.26. The average Bonchev–Trinajstić information content (AvgIpc) is 3.46. The zero-order chi connectivity index (χ0) is 19.5. The molecular weight excluding hydrogens is 378 g/mol. The molecule has 1 aromatic carbocycles. The van der Waals surface area contributed by atoms with Gasteiger partial charge in [-0.1, -0.05) is 11.8 Å². The number of carbonyl (C=O) groups is 1. The van der Waals surface area contributed by atoms with Crippen LogP contribution in [0, 0.1) is 0 Å². The fourth-order valence-electron chi connectivity index (χ4n) is 3.00. The van der Waals surface area contributed by atoms with E-state index in [4.69, 9.17) is 9.15 Å². The van der Waals surface area contributed by atoms with Crippen LogP contribution >= 0.6 is 11.8 Å². The third kappa shape index (κ3) is 3.65. The van der Waals surface area contributed by atoms with E-state index >= 15 is 0 Å². The molecule has 0 spiro atoms. The van der Waals surface area contributed by atoms with Gasteiger partial charge < -0.3 is 13.7 Å². The predicted octanol–water partition coefficient (Wildman–Crippen LogP) is 2.89. The fourth-order valence-corrected chi connectivity index (χ4v) is 3.74. The number of methoxy groups -OCH3 is 1. The van der Waals surface area contributed by atoms with Crippen LogP contribution in [0.1, 0.15) is 23.8 Å². The topological polar surface area (TPSA) is 85.8 Å². The summed E-state index contributed by atoms with van der Waals surface area (Å²) in [6.45, 7) is 0. The molecule has 0 radical (unpaired) electrons. The molecular formula is C19H19N5O3S. The number of amides is 1. The normalized spacial score (nSPS) is 16.3. The second-order valence-corrected chi connectivity index (χ2v) is 7.20. The van der Waals surface area contributed by atoms with Gasteiger partial charge in [0.25, 0.3) is 5.91 Å². The van der Waals surface area contributed by atoms with Gasteiger partial charge in [0, 0.05) is 13.5 Å². The van der Waals surface area contributed by atoms with Crippen LogP contribution in [0.25, 0.3) is 0 Å². The van der Waals surface area contributed by atoms with Crippen LogP contribution in [0.3, 0.4) is 0 Å². The Labute approximate surface area is 166 Å². The Morgan fingerprint density at radius 1 is 1.32 bits per heavy atom. The molecule has 8 nitrogen and oxygen atoms in total. The number of furan rings is 1. The van der Waals surface area contributed by atoms with Crippen molar-refractivity contribution in [1.82, 2.24) is 19.8 Å². The summed E-state index contributed by atoms with van der Waals surface area (Å²) in [6.07, 6.45) is 3.80. The molecule has 0 saturated heterocycles. The highest BCUT2D eigenvalue weighted by Gasteiger charge is 2.34. The first-order valence-electron chi connectivity index (χ1n) is 8.70. The minimum atomic E-state index is -0.264. The zero-order valence-electron chi connectivity index (χ0n) is 15.5. The van der Waals surface area contributed by atoms with Gasteiger partial charge in [-0.05, 0) is 42.0 Å². The standard InChI is InChI=1S/C19H19N5O3S/c1-23-12-20-21-19(23)28-11-18(25)24-16(17-4-3-9-27-17)10-15(22-24)13-5-7-14(26-2)8-6-13/h3-9,12,16H,10-11H2,1-2H3/t16-/m0/s1. The summed E-state index contributed by atoms with van der Waals surface area (Å²) in [6, 6.07) is 11.1. The van der Waals surface area contributed by atoms with Gasteiger partial charge in [0.1, 0.15) is 23.9 Å². The van der Waals surface area contributed by atoms with Crippen molar-refractivity contribution >= 4 is 23.4 Å². The van der Waals surface area contributed by atoms with Crippen LogP contribution in [0.2, 0.25) is 0 Å². The molecule has 144 valence electrons. The SMILES string of the molecule is COc1ccc(C2=NN(C(=O)CSc3nncn3C)[C@H](c3ccco3)C2)cc1. The third-order valence-corrected chi connectivity index (χ3v) is 5.47. The number of benzene rings is 1. The Morgan fingerprint density at radius 2 is 2.14 bits per heavy atom. The molecule has 0 N–H and O–H groups in total. The smallest absolute Gasteiger partial charge is 0.253 e. The quantitative estimate of drug-likeness (QED) is 0.595. The summed E-state index contributed by atoms with van der Waals surface area (Å²) < 4.78 is 12.6. The number of hydrazone groups is 1. The van der Waals surface area contributed by atoms with E-state index < -0.39 is 0 Å². The molecule has 4 rings (SSSR count). The molecule has 0 unspecified atom stereocenters. The monoisotopic (exact) mass is 397 g/mol. The minimum absolute atomic E-state index is 0.113. The van der Waals surface area contributed by atoms with E-state index in [2.05, 4.69) is 15.3 Å². The van der Waals surface area contributed by atoms with Crippen molar-refractivity contribution in [2.24, 2.45) is 12.1 Å². The highest BCUT2D eigenvalue weighted by atomic mass is 32.2. The van der Waals surface area contributed by atoms with Crippen LogP contribution in [0.5, 0.6) is 5.75 Å². The Morgan fingerprint density at radius 3 is 2.79 bits per heavy atom. The minimum Gasteiger partial charge on any atom is -0.497 e. The number of aryl methyl sites for hydroxylation is 1. The average molecular weight is 397 g/mol. The number of nitrogens with zero attached hydrogens (tertiary/aromatic N) is 5. The van der Waals surface area contributed by atoms with E-state index in [1.807, 2.05) is 43.4 Å². The van der Waals surface area contributed by atoms with Gasteiger partial charge in [-0.25, -0.2) is 5.01 Å². The van der Waals surface area contributed by atoms with Gasteiger partial charge in [-0.15, -0.1) is 10.2 Å². The largest absolute Gasteiger partial charge is 0.497 e. The molecule has 3 heterocycles. The second kappa shape index (κ2) is 7.89. The number of hydrogen-bond donors (Lipinski definition) is 0. The maximum atomic E-state index is 12.9. The predicted molar refractivity (Wildman–Crippen MR) is 104 cm³/mol. The Hall–Kier alpha value is -3.07. The van der Waals surface area contributed by atoms with Gasteiger partial charge in [-0.2, -0.15) is 5.10 Å². The molecule has 9 heteroatoms. The summed E-state index contributed by atoms with van der Waals surface area (Å²) in [7, 11) is 3.47. The summed E-state index contributed by atoms with van der Waals surface area (Å²) in [4.78, 5) is 12.9. The van der Waals surface area contributed by atoms with E-state index in [0.29, 0.717) is 17.3 Å². The summed E-state index contributed by atoms with van der Waals surface area (Å²) in [5.41, 5.74) is 1.79. The molecule has 1 amide bonds. The van der Waals surface area contributed by atoms with E-state index in [1.54, 1.807) is 24.3 Å². The molecule has 3 aromatic rings. The van der Waals surface area contributed by atoms with Gasteiger partial charge in [0.05, 0.1) is 24.8 Å². The third-order valence-electron chi connectivity index (χ3n) is 4.46. The number of rotatable bonds is 6. The summed E-state index contributed by atoms with van der Waals surface area (Å²) >= 11 is 1.33. The van der Waals surface area contributed by atoms with Crippen LogP contribution < -0.4 is 4.74 Å². The van der Waals surface area contributed by atoms with Gasteiger partial charge in [0.2, 0.25) is 0 Å². The highest BCUT2D eigenvalue weighted by Crippen LogP contribution is 2.34. The first-order chi connectivity index (χ1) is 13.7. The molecule has 1 atom stereocenters. The Bertz CT molecular complexity index is 981. The highest BCUT2D eigenvalue weighted by molar-refractivity contribution is 7.99. The van der Waals surface area contributed by atoms with Crippen molar-refractivity contribution in [3.63, 3.8) is 0 Å². The molecule has 0 aliphatic carbocycles. The van der Waals surface area contributed by atoms with E-state index in [1.165, 1.54) is 16.8 Å². The number of thioether (sulfide) groups is 1. The molecule has 2 aromatic heterocycles. The van der Waals surface area contributed by atoms with Crippen molar-refractivity contribution in [2.45, 2.75) is 17.6 Å². The van der Waals surface area contributed by atoms with Crippen molar-refractivity contribution in [2.75, 3.05) is 12.9 Å². The summed E-state index contributed by atoms with van der Waals surface area (Å²) in [5.74, 6) is 1.59. The molecule has 1 aliphatic heterocycles. The number of hydrogen-bond acceptors (Lipinski definition) is 7. The molecule has 28 heavy (non-hydrogen) atoms. The van der Waals surface area contributed by atoms with Crippen LogP contribution in [0.4, 0.5) is 0 Å². The Balaban J connectivity index is 1.56. The number of carbonyl (C=O) groups excluding carboxylic acids is 1. The summed E-state index contributed by atoms with van der Waals surface area (Å²) in [5, 5.41) is 14.6. The van der Waals surface area contributed by atoms with Gasteiger partial charge >= 0.3 is 0 Å². The van der Waals surface area contributed by atoms with Crippen LogP contribution in [-0.4, -0.2) is 44.3 Å². The van der Waals surface area contributed by atoms with Crippen molar-refractivity contribution in [3.8, 4) is 5.75 Å². The van der Waals surface area contributed by atoms with Crippen LogP contribution in [0.15, 0.2) is 63.7 Å². The number of ether oxygens (including phenoxy) is 1. The lowest BCUT2D eigenvalue weighted by Crippen LogP contribution is -2.28. The molecule has 1 aliphatic rings. The first-order valence-corrected chi connectivity index (χ1v) is 9.68. The first kappa shape index (κ1) is 18.3. The molecule has 0 bridgehead atoms. The van der Waals surface area contributed by atoms with Crippen molar-refractivity contribution in [1.29, 1.82) is 0 Å². The fraction of sp³-hybridized carbons (Fsp3) is 0.263. The number of aromatic nitrogens is 3. The maximum absolute atomic E-state index is 12.9. The molecule has 0 fully saturated rings. The van der Waals surface area contributed by atoms with E-state index in [9.17, 15) is 4.79 Å².